The van der Waals surface area contributed by atoms with Gasteiger partial charge in [0.15, 0.2) is 4.77 Å². The summed E-state index contributed by atoms with van der Waals surface area (Å²) < 4.78 is 8.49. The minimum absolute atomic E-state index is 0.399. The molecule has 0 radical (unpaired) electrons. The van der Waals surface area contributed by atoms with E-state index in [2.05, 4.69) is 19.7 Å². The van der Waals surface area contributed by atoms with Crippen molar-refractivity contribution < 1.29 is 4.74 Å². The van der Waals surface area contributed by atoms with E-state index >= 15 is 0 Å². The van der Waals surface area contributed by atoms with Crippen LogP contribution in [0.2, 0.25) is 0 Å². The van der Waals surface area contributed by atoms with Gasteiger partial charge >= 0.3 is 0 Å². The van der Waals surface area contributed by atoms with Crippen molar-refractivity contribution in [3.8, 4) is 0 Å². The molecule has 0 amide bonds. The Bertz CT molecular complexity index is 484. The standard InChI is InChI=1S/C14H24N4OS/c1-19-12-7-9-17(10-8-12)13-15-16-14(20)18(13)11-5-3-2-4-6-11/h11-12H,2-10H2,1H3,(H,16,20). The lowest BCUT2D eigenvalue weighted by molar-refractivity contribution is 0.0814. The van der Waals surface area contributed by atoms with E-state index in [4.69, 9.17) is 17.0 Å². The molecule has 1 N–H and O–H groups in total. The fourth-order valence-electron chi connectivity index (χ4n) is 3.48. The minimum Gasteiger partial charge on any atom is -0.381 e. The summed E-state index contributed by atoms with van der Waals surface area (Å²) >= 11 is 5.46. The van der Waals surface area contributed by atoms with Gasteiger partial charge in [-0.15, -0.1) is 5.10 Å². The van der Waals surface area contributed by atoms with E-state index in [0.29, 0.717) is 12.1 Å². The molecule has 2 aliphatic rings. The van der Waals surface area contributed by atoms with E-state index < -0.39 is 0 Å². The molecule has 0 bridgehead atoms. The fraction of sp³-hybridized carbons (Fsp3) is 0.857. The number of rotatable bonds is 3. The highest BCUT2D eigenvalue weighted by atomic mass is 32.1. The first kappa shape index (κ1) is 14.1. The van der Waals surface area contributed by atoms with Crippen molar-refractivity contribution in [1.29, 1.82) is 0 Å². The number of aromatic nitrogens is 3. The van der Waals surface area contributed by atoms with Crippen molar-refractivity contribution in [2.24, 2.45) is 0 Å². The summed E-state index contributed by atoms with van der Waals surface area (Å²) in [4.78, 5) is 2.36. The molecule has 20 heavy (non-hydrogen) atoms. The molecule has 1 aliphatic carbocycles. The molecule has 5 nitrogen and oxygen atoms in total. The lowest BCUT2D eigenvalue weighted by Crippen LogP contribution is -2.38. The van der Waals surface area contributed by atoms with E-state index in [-0.39, 0.29) is 0 Å². The third kappa shape index (κ3) is 2.76. The molecule has 1 aromatic rings. The number of anilines is 1. The van der Waals surface area contributed by atoms with E-state index in [1.54, 1.807) is 7.11 Å². The van der Waals surface area contributed by atoms with Gasteiger partial charge < -0.3 is 9.64 Å². The molecule has 2 heterocycles. The Hall–Kier alpha value is -0.880. The zero-order valence-corrected chi connectivity index (χ0v) is 13.0. The van der Waals surface area contributed by atoms with Crippen LogP contribution in [0.25, 0.3) is 0 Å². The molecule has 1 aromatic heterocycles. The fourth-order valence-corrected chi connectivity index (χ4v) is 3.76. The molecule has 3 rings (SSSR count). The summed E-state index contributed by atoms with van der Waals surface area (Å²) in [6.07, 6.45) is 8.98. The maximum Gasteiger partial charge on any atom is 0.225 e. The molecule has 0 unspecified atom stereocenters. The number of H-pyrrole nitrogens is 1. The van der Waals surface area contributed by atoms with Crippen LogP contribution in [-0.4, -0.2) is 41.1 Å². The molecule has 0 atom stereocenters. The lowest BCUT2D eigenvalue weighted by atomic mass is 9.95. The van der Waals surface area contributed by atoms with Crippen molar-refractivity contribution in [1.82, 2.24) is 14.8 Å². The van der Waals surface area contributed by atoms with Gasteiger partial charge in [0.25, 0.3) is 0 Å². The predicted octanol–water partition coefficient (Wildman–Crippen LogP) is 3.06. The van der Waals surface area contributed by atoms with Gasteiger partial charge in [0, 0.05) is 26.2 Å². The molecular formula is C14H24N4OS. The van der Waals surface area contributed by atoms with E-state index in [9.17, 15) is 0 Å². The highest BCUT2D eigenvalue weighted by Crippen LogP contribution is 2.32. The van der Waals surface area contributed by atoms with Crippen molar-refractivity contribution in [3.05, 3.63) is 4.77 Å². The van der Waals surface area contributed by atoms with E-state index in [1.807, 2.05) is 0 Å². The second-order valence-electron chi connectivity index (χ2n) is 5.91. The predicted molar refractivity (Wildman–Crippen MR) is 81.8 cm³/mol. The largest absolute Gasteiger partial charge is 0.381 e. The van der Waals surface area contributed by atoms with Crippen LogP contribution in [0.3, 0.4) is 0 Å². The summed E-state index contributed by atoms with van der Waals surface area (Å²) in [5.41, 5.74) is 0. The summed E-state index contributed by atoms with van der Waals surface area (Å²) in [6, 6.07) is 0.533. The van der Waals surface area contributed by atoms with E-state index in [0.717, 1.165) is 36.7 Å². The van der Waals surface area contributed by atoms with Gasteiger partial charge in [-0.25, -0.2) is 5.10 Å². The molecular weight excluding hydrogens is 272 g/mol. The average Bonchev–Trinajstić information content (AvgIpc) is 2.90. The third-order valence-electron chi connectivity index (χ3n) is 4.68. The second kappa shape index (κ2) is 6.26. The molecule has 0 aromatic carbocycles. The van der Waals surface area contributed by atoms with Gasteiger partial charge in [0.05, 0.1) is 6.10 Å². The Morgan fingerprint density at radius 2 is 1.85 bits per heavy atom. The zero-order valence-electron chi connectivity index (χ0n) is 12.2. The van der Waals surface area contributed by atoms with Crippen LogP contribution < -0.4 is 4.90 Å². The van der Waals surface area contributed by atoms with Crippen LogP contribution in [0.4, 0.5) is 5.95 Å². The number of nitrogens with one attached hydrogen (secondary N) is 1. The lowest BCUT2D eigenvalue weighted by Gasteiger charge is -2.33. The summed E-state index contributed by atoms with van der Waals surface area (Å²) in [5, 5.41) is 7.50. The van der Waals surface area contributed by atoms with Gasteiger partial charge in [0.2, 0.25) is 5.95 Å². The number of hydrogen-bond donors (Lipinski definition) is 1. The van der Waals surface area contributed by atoms with Gasteiger partial charge in [-0.05, 0) is 37.9 Å². The second-order valence-corrected chi connectivity index (χ2v) is 6.30. The molecule has 1 saturated carbocycles. The Labute approximate surface area is 125 Å². The van der Waals surface area contributed by atoms with Crippen molar-refractivity contribution >= 4 is 18.2 Å². The number of aromatic amines is 1. The Balaban J connectivity index is 1.78. The molecule has 6 heteroatoms. The van der Waals surface area contributed by atoms with Crippen LogP contribution >= 0.6 is 12.2 Å². The maximum atomic E-state index is 5.46. The van der Waals surface area contributed by atoms with Gasteiger partial charge in [-0.3, -0.25) is 4.57 Å². The number of hydrogen-bond acceptors (Lipinski definition) is 4. The Kier molecular flexibility index (Phi) is 4.41. The monoisotopic (exact) mass is 296 g/mol. The first-order valence-electron chi connectivity index (χ1n) is 7.74. The third-order valence-corrected chi connectivity index (χ3v) is 4.97. The SMILES string of the molecule is COC1CCN(c2n[nH]c(=S)n2C2CCCCC2)CC1. The summed E-state index contributed by atoms with van der Waals surface area (Å²) in [7, 11) is 1.80. The minimum atomic E-state index is 0.399. The number of ether oxygens (including phenoxy) is 1. The van der Waals surface area contributed by atoms with Gasteiger partial charge in [-0.2, -0.15) is 0 Å². The maximum absolute atomic E-state index is 5.46. The summed E-state index contributed by atoms with van der Waals surface area (Å²) in [5.74, 6) is 1.04. The highest BCUT2D eigenvalue weighted by molar-refractivity contribution is 7.71. The number of piperidine rings is 1. The molecule has 112 valence electrons. The Morgan fingerprint density at radius 3 is 2.50 bits per heavy atom. The first-order valence-corrected chi connectivity index (χ1v) is 8.15. The number of methoxy groups -OCH3 is 1. The van der Waals surface area contributed by atoms with Crippen LogP contribution in [0.1, 0.15) is 51.0 Å². The van der Waals surface area contributed by atoms with Crippen LogP contribution in [-0.2, 0) is 4.74 Å². The van der Waals surface area contributed by atoms with E-state index in [1.165, 1.54) is 32.1 Å². The normalized spacial score (nSPS) is 22.4. The van der Waals surface area contributed by atoms with Crippen molar-refractivity contribution in [2.45, 2.75) is 57.1 Å². The quantitative estimate of drug-likeness (QED) is 0.871. The number of nitrogens with zero attached hydrogens (tertiary/aromatic N) is 3. The summed E-state index contributed by atoms with van der Waals surface area (Å²) in [6.45, 7) is 2.01. The molecule has 2 fully saturated rings. The van der Waals surface area contributed by atoms with Gasteiger partial charge in [-0.1, -0.05) is 19.3 Å². The van der Waals surface area contributed by atoms with Crippen LogP contribution in [0.15, 0.2) is 0 Å². The topological polar surface area (TPSA) is 46.1 Å². The Morgan fingerprint density at radius 1 is 1.15 bits per heavy atom. The zero-order chi connectivity index (χ0) is 13.9. The van der Waals surface area contributed by atoms with Crippen LogP contribution in [0.5, 0.6) is 0 Å². The average molecular weight is 296 g/mol. The molecule has 0 spiro atoms. The van der Waals surface area contributed by atoms with Crippen molar-refractivity contribution in [3.63, 3.8) is 0 Å². The highest BCUT2D eigenvalue weighted by Gasteiger charge is 2.26. The first-order chi connectivity index (χ1) is 9.79. The van der Waals surface area contributed by atoms with Gasteiger partial charge in [0.1, 0.15) is 0 Å². The molecule has 1 saturated heterocycles. The smallest absolute Gasteiger partial charge is 0.225 e. The van der Waals surface area contributed by atoms with Crippen molar-refractivity contribution in [2.75, 3.05) is 25.1 Å². The van der Waals surface area contributed by atoms with Crippen LogP contribution in [0, 0.1) is 4.77 Å². The molecule has 1 aliphatic heterocycles.